The first-order chi connectivity index (χ1) is 14.8. The number of ether oxygens (including phenoxy) is 3. The lowest BCUT2D eigenvalue weighted by Gasteiger charge is -2.28. The smallest absolute Gasteiger partial charge is 0.338 e. The van der Waals surface area contributed by atoms with Crippen molar-refractivity contribution >= 4 is 21.9 Å². The number of rotatable bonds is 5. The number of aryl methyl sites for hydroxylation is 2. The maximum atomic E-state index is 12.6. The molecule has 31 heavy (non-hydrogen) atoms. The van der Waals surface area contributed by atoms with Crippen molar-refractivity contribution in [3.8, 4) is 11.8 Å². The highest BCUT2D eigenvalue weighted by molar-refractivity contribution is 9.10. The van der Waals surface area contributed by atoms with Crippen LogP contribution < -0.4 is 10.5 Å². The summed E-state index contributed by atoms with van der Waals surface area (Å²) in [6, 6.07) is 13.7. The van der Waals surface area contributed by atoms with Gasteiger partial charge in [0.25, 0.3) is 0 Å². The van der Waals surface area contributed by atoms with Crippen LogP contribution >= 0.6 is 15.9 Å². The van der Waals surface area contributed by atoms with Crippen LogP contribution in [0, 0.1) is 25.2 Å². The van der Waals surface area contributed by atoms with E-state index < -0.39 is 11.9 Å². The van der Waals surface area contributed by atoms with Crippen LogP contribution in [0.25, 0.3) is 0 Å². The van der Waals surface area contributed by atoms with Gasteiger partial charge in [0.1, 0.15) is 29.8 Å². The molecule has 0 amide bonds. The van der Waals surface area contributed by atoms with Gasteiger partial charge in [-0.1, -0.05) is 28.1 Å². The van der Waals surface area contributed by atoms with Crippen LogP contribution in [0.3, 0.4) is 0 Å². The van der Waals surface area contributed by atoms with Gasteiger partial charge in [0.05, 0.1) is 18.6 Å². The number of nitriles is 1. The Morgan fingerprint density at radius 2 is 1.87 bits per heavy atom. The molecule has 1 aliphatic heterocycles. The van der Waals surface area contributed by atoms with Gasteiger partial charge in [-0.05, 0) is 67.3 Å². The Morgan fingerprint density at radius 1 is 1.19 bits per heavy atom. The molecule has 3 rings (SSSR count). The number of halogens is 1. The van der Waals surface area contributed by atoms with E-state index in [4.69, 9.17) is 19.9 Å². The van der Waals surface area contributed by atoms with Gasteiger partial charge in [-0.15, -0.1) is 0 Å². The number of methoxy groups -OCH3 is 1. The molecule has 0 aromatic heterocycles. The van der Waals surface area contributed by atoms with Crippen molar-refractivity contribution in [2.24, 2.45) is 5.73 Å². The van der Waals surface area contributed by atoms with Crippen molar-refractivity contribution in [1.82, 2.24) is 0 Å². The Morgan fingerprint density at radius 3 is 2.48 bits per heavy atom. The minimum Gasteiger partial charge on any atom is -0.489 e. The van der Waals surface area contributed by atoms with E-state index in [1.165, 1.54) is 7.11 Å². The molecule has 1 heterocycles. The third-order valence-electron chi connectivity index (χ3n) is 5.25. The molecule has 0 bridgehead atoms. The molecule has 0 saturated carbocycles. The highest BCUT2D eigenvalue weighted by atomic mass is 79.9. The van der Waals surface area contributed by atoms with E-state index in [-0.39, 0.29) is 17.0 Å². The fraction of sp³-hybridized carbons (Fsp3) is 0.250. The summed E-state index contributed by atoms with van der Waals surface area (Å²) in [5.74, 6) is -0.191. The van der Waals surface area contributed by atoms with E-state index in [0.717, 1.165) is 32.5 Å². The third kappa shape index (κ3) is 4.59. The fourth-order valence-electron chi connectivity index (χ4n) is 3.64. The highest BCUT2D eigenvalue weighted by Crippen LogP contribution is 2.41. The number of nitrogens with zero attached hydrogens (tertiary/aromatic N) is 1. The van der Waals surface area contributed by atoms with Gasteiger partial charge in [0.2, 0.25) is 5.88 Å². The van der Waals surface area contributed by atoms with E-state index in [0.29, 0.717) is 12.4 Å². The van der Waals surface area contributed by atoms with Crippen molar-refractivity contribution in [1.29, 1.82) is 5.26 Å². The Hall–Kier alpha value is -3.24. The molecule has 2 aromatic rings. The zero-order valence-corrected chi connectivity index (χ0v) is 19.4. The summed E-state index contributed by atoms with van der Waals surface area (Å²) in [5.41, 5.74) is 10.1. The number of allylic oxidation sites excluding steroid dienone is 2. The summed E-state index contributed by atoms with van der Waals surface area (Å²) in [4.78, 5) is 12.6. The van der Waals surface area contributed by atoms with Crippen molar-refractivity contribution in [3.05, 3.63) is 85.9 Å². The maximum Gasteiger partial charge on any atom is 0.338 e. The third-order valence-corrected chi connectivity index (χ3v) is 5.78. The van der Waals surface area contributed by atoms with E-state index in [9.17, 15) is 10.1 Å². The van der Waals surface area contributed by atoms with Crippen molar-refractivity contribution in [2.45, 2.75) is 33.3 Å². The summed E-state index contributed by atoms with van der Waals surface area (Å²) in [6.07, 6.45) is 0. The number of hydrogen-bond acceptors (Lipinski definition) is 6. The van der Waals surface area contributed by atoms with E-state index in [1.807, 2.05) is 50.2 Å². The predicted molar refractivity (Wildman–Crippen MR) is 120 cm³/mol. The molecule has 160 valence electrons. The SMILES string of the molecule is COC(=O)C1=C(C)OC(N)=C(C#N)C1c1cc(COc2ccc(Br)cc2)c(C)cc1C. The second-order valence-corrected chi connectivity index (χ2v) is 8.18. The summed E-state index contributed by atoms with van der Waals surface area (Å²) in [6.45, 7) is 5.91. The molecule has 2 N–H and O–H groups in total. The van der Waals surface area contributed by atoms with Crippen LogP contribution in [0.5, 0.6) is 5.75 Å². The quantitative estimate of drug-likeness (QED) is 0.608. The molecule has 0 radical (unpaired) electrons. The number of esters is 1. The number of nitrogens with two attached hydrogens (primary N) is 1. The number of hydrogen-bond donors (Lipinski definition) is 1. The first-order valence-corrected chi connectivity index (χ1v) is 10.4. The highest BCUT2D eigenvalue weighted by Gasteiger charge is 2.37. The van der Waals surface area contributed by atoms with Crippen LogP contribution in [0.4, 0.5) is 0 Å². The van der Waals surface area contributed by atoms with Crippen LogP contribution in [0.15, 0.2) is 63.7 Å². The minimum absolute atomic E-state index is 0.00899. The molecule has 1 unspecified atom stereocenters. The summed E-state index contributed by atoms with van der Waals surface area (Å²) in [7, 11) is 1.30. The van der Waals surface area contributed by atoms with Gasteiger partial charge in [-0.25, -0.2) is 4.79 Å². The van der Waals surface area contributed by atoms with Gasteiger partial charge in [-0.2, -0.15) is 5.26 Å². The monoisotopic (exact) mass is 482 g/mol. The van der Waals surface area contributed by atoms with Crippen LogP contribution in [0.1, 0.15) is 35.1 Å². The summed E-state index contributed by atoms with van der Waals surface area (Å²) >= 11 is 3.41. The average molecular weight is 483 g/mol. The largest absolute Gasteiger partial charge is 0.489 e. The predicted octanol–water partition coefficient (Wildman–Crippen LogP) is 4.90. The lowest BCUT2D eigenvalue weighted by Crippen LogP contribution is -2.25. The topological polar surface area (TPSA) is 94.6 Å². The normalized spacial score (nSPS) is 15.9. The van der Waals surface area contributed by atoms with Crippen molar-refractivity contribution < 1.29 is 19.0 Å². The molecule has 1 aliphatic rings. The van der Waals surface area contributed by atoms with E-state index in [1.54, 1.807) is 6.92 Å². The molecule has 0 spiro atoms. The second kappa shape index (κ2) is 9.27. The average Bonchev–Trinajstić information content (AvgIpc) is 2.73. The van der Waals surface area contributed by atoms with E-state index in [2.05, 4.69) is 22.0 Å². The zero-order valence-electron chi connectivity index (χ0n) is 17.8. The molecular weight excluding hydrogens is 460 g/mol. The number of carbonyl (C=O) groups excluding carboxylic acids is 1. The van der Waals surface area contributed by atoms with Gasteiger partial charge in [-0.3, -0.25) is 0 Å². The maximum absolute atomic E-state index is 12.6. The molecule has 0 saturated heterocycles. The van der Waals surface area contributed by atoms with Gasteiger partial charge in [0.15, 0.2) is 0 Å². The molecule has 2 aromatic carbocycles. The lowest BCUT2D eigenvalue weighted by molar-refractivity contribution is -0.136. The van der Waals surface area contributed by atoms with Crippen LogP contribution in [-0.4, -0.2) is 13.1 Å². The van der Waals surface area contributed by atoms with Crippen LogP contribution in [-0.2, 0) is 20.9 Å². The minimum atomic E-state index is -0.682. The van der Waals surface area contributed by atoms with Gasteiger partial charge < -0.3 is 19.9 Å². The van der Waals surface area contributed by atoms with Gasteiger partial charge >= 0.3 is 5.97 Å². The number of benzene rings is 2. The second-order valence-electron chi connectivity index (χ2n) is 7.26. The Balaban J connectivity index is 2.06. The Kier molecular flexibility index (Phi) is 6.71. The number of carbonyl (C=O) groups is 1. The van der Waals surface area contributed by atoms with Gasteiger partial charge in [0, 0.05) is 4.47 Å². The molecular formula is C24H23BrN2O4. The molecule has 6 nitrogen and oxygen atoms in total. The van der Waals surface area contributed by atoms with Crippen molar-refractivity contribution in [3.63, 3.8) is 0 Å². The summed E-state index contributed by atoms with van der Waals surface area (Å²) < 4.78 is 17.4. The Labute approximate surface area is 190 Å². The molecule has 0 fully saturated rings. The summed E-state index contributed by atoms with van der Waals surface area (Å²) in [5, 5.41) is 9.77. The first-order valence-electron chi connectivity index (χ1n) is 9.61. The Bertz CT molecular complexity index is 1130. The fourth-order valence-corrected chi connectivity index (χ4v) is 3.91. The van der Waals surface area contributed by atoms with Crippen LogP contribution in [0.2, 0.25) is 0 Å². The van der Waals surface area contributed by atoms with E-state index >= 15 is 0 Å². The lowest BCUT2D eigenvalue weighted by atomic mass is 9.80. The van der Waals surface area contributed by atoms with Crippen molar-refractivity contribution in [2.75, 3.05) is 7.11 Å². The molecule has 7 heteroatoms. The standard InChI is InChI=1S/C24H23BrN2O4/c1-13-9-14(2)19(10-16(13)12-30-18-7-5-17(25)6-8-18)22-20(11-26)23(27)31-15(3)21(22)24(28)29-4/h5-10,22H,12,27H2,1-4H3. The molecule has 0 aliphatic carbocycles. The molecule has 1 atom stereocenters. The zero-order chi connectivity index (χ0) is 22.7. The first kappa shape index (κ1) is 22.4.